The van der Waals surface area contributed by atoms with Crippen LogP contribution in [0.2, 0.25) is 0 Å². The molecule has 2 N–H and O–H groups in total. The molecule has 0 saturated carbocycles. The summed E-state index contributed by atoms with van der Waals surface area (Å²) in [5, 5.41) is 11.9. The predicted octanol–water partition coefficient (Wildman–Crippen LogP) is 2.99. The van der Waals surface area contributed by atoms with Crippen molar-refractivity contribution in [3.63, 3.8) is 0 Å². The Morgan fingerprint density at radius 3 is 2.82 bits per heavy atom. The van der Waals surface area contributed by atoms with E-state index >= 15 is 0 Å². The Hall–Kier alpha value is -0.520. The summed E-state index contributed by atoms with van der Waals surface area (Å²) < 4.78 is 1.04. The van der Waals surface area contributed by atoms with Gasteiger partial charge in [0.05, 0.1) is 0 Å². The van der Waals surface area contributed by atoms with Crippen LogP contribution in [0, 0.1) is 0 Å². The maximum atomic E-state index is 11.1. The second-order valence-electron chi connectivity index (χ2n) is 3.94. The number of carbonyl (C=O) groups is 1. The summed E-state index contributed by atoms with van der Waals surface area (Å²) in [7, 11) is 1.68. The van der Waals surface area contributed by atoms with E-state index in [1.165, 1.54) is 0 Å². The highest BCUT2D eigenvalue weighted by atomic mass is 79.9. The Bertz CT molecular complexity index is 400. The third-order valence-electron chi connectivity index (χ3n) is 2.69. The molecule has 17 heavy (non-hydrogen) atoms. The number of nitrogens with one attached hydrogen (secondary N) is 1. The molecule has 1 aromatic carbocycles. The first-order chi connectivity index (χ1) is 7.98. The van der Waals surface area contributed by atoms with Gasteiger partial charge < -0.3 is 10.4 Å². The van der Waals surface area contributed by atoms with Gasteiger partial charge in [0.1, 0.15) is 5.54 Å². The minimum Gasteiger partial charge on any atom is -0.480 e. The van der Waals surface area contributed by atoms with E-state index in [4.69, 9.17) is 5.11 Å². The number of carboxylic acid groups (broad SMARTS) is 1. The summed E-state index contributed by atoms with van der Waals surface area (Å²) in [4.78, 5) is 12.2. The lowest BCUT2D eigenvalue weighted by Crippen LogP contribution is -2.47. The highest BCUT2D eigenvalue weighted by Crippen LogP contribution is 2.24. The van der Waals surface area contributed by atoms with Crippen LogP contribution in [-0.2, 0) is 4.79 Å². The van der Waals surface area contributed by atoms with E-state index in [1.54, 1.807) is 25.7 Å². The van der Waals surface area contributed by atoms with E-state index < -0.39 is 11.5 Å². The normalized spacial score (nSPS) is 14.3. The molecule has 1 rings (SSSR count). The predicted molar refractivity (Wildman–Crippen MR) is 74.6 cm³/mol. The minimum atomic E-state index is -0.848. The molecule has 0 heterocycles. The van der Waals surface area contributed by atoms with Crippen LogP contribution < -0.4 is 5.32 Å². The summed E-state index contributed by atoms with van der Waals surface area (Å²) in [5.74, 6) is -0.0463. The number of rotatable bonds is 6. The average molecular weight is 318 g/mol. The number of benzene rings is 1. The van der Waals surface area contributed by atoms with Gasteiger partial charge in [-0.1, -0.05) is 22.0 Å². The summed E-state index contributed by atoms with van der Waals surface area (Å²) in [5.41, 5.74) is -0.848. The highest BCUT2D eigenvalue weighted by Gasteiger charge is 2.30. The fourth-order valence-electron chi connectivity index (χ4n) is 1.27. The second kappa shape index (κ2) is 6.42. The van der Waals surface area contributed by atoms with Gasteiger partial charge in [-0.25, -0.2) is 0 Å². The summed E-state index contributed by atoms with van der Waals surface area (Å²) in [6.07, 6.45) is 0.579. The van der Waals surface area contributed by atoms with Gasteiger partial charge in [-0.05, 0) is 38.6 Å². The van der Waals surface area contributed by atoms with Crippen molar-refractivity contribution in [2.24, 2.45) is 0 Å². The molecule has 0 aliphatic heterocycles. The van der Waals surface area contributed by atoms with Crippen LogP contribution >= 0.6 is 27.7 Å². The van der Waals surface area contributed by atoms with Gasteiger partial charge in [0.15, 0.2) is 0 Å². The summed E-state index contributed by atoms with van der Waals surface area (Å²) in [6, 6.07) is 8.00. The number of halogens is 1. The quantitative estimate of drug-likeness (QED) is 0.792. The largest absolute Gasteiger partial charge is 0.480 e. The number of hydrogen-bond donors (Lipinski definition) is 2. The van der Waals surface area contributed by atoms with Gasteiger partial charge in [0.2, 0.25) is 0 Å². The monoisotopic (exact) mass is 317 g/mol. The lowest BCUT2D eigenvalue weighted by atomic mass is 10.00. The van der Waals surface area contributed by atoms with E-state index in [2.05, 4.69) is 21.2 Å². The first kappa shape index (κ1) is 14.5. The molecular weight excluding hydrogens is 302 g/mol. The topological polar surface area (TPSA) is 49.3 Å². The minimum absolute atomic E-state index is 0.579. The number of likely N-dealkylation sites (N-methyl/N-ethyl adjacent to an activating group) is 1. The van der Waals surface area contributed by atoms with E-state index in [0.29, 0.717) is 6.42 Å². The standard InChI is InChI=1S/C12H16BrNO2S/c1-12(14-2,11(15)16)6-7-17-10-5-3-4-9(13)8-10/h3-5,8,14H,6-7H2,1-2H3,(H,15,16). The van der Waals surface area contributed by atoms with Crippen molar-refractivity contribution >= 4 is 33.7 Å². The van der Waals surface area contributed by atoms with Crippen molar-refractivity contribution in [3.8, 4) is 0 Å². The number of hydrogen-bond acceptors (Lipinski definition) is 3. The summed E-state index contributed by atoms with van der Waals surface area (Å²) >= 11 is 5.07. The zero-order chi connectivity index (χ0) is 12.9. The SMILES string of the molecule is CNC(C)(CCSc1cccc(Br)c1)C(=O)O. The third-order valence-corrected chi connectivity index (χ3v) is 4.18. The number of carboxylic acids is 1. The van der Waals surface area contributed by atoms with Crippen LogP contribution in [0.15, 0.2) is 33.6 Å². The lowest BCUT2D eigenvalue weighted by molar-refractivity contribution is -0.144. The molecule has 1 unspecified atom stereocenters. The van der Waals surface area contributed by atoms with Crippen molar-refractivity contribution in [2.45, 2.75) is 23.8 Å². The molecule has 3 nitrogen and oxygen atoms in total. The number of aliphatic carboxylic acids is 1. The highest BCUT2D eigenvalue weighted by molar-refractivity contribution is 9.10. The van der Waals surface area contributed by atoms with Gasteiger partial charge in [0.25, 0.3) is 0 Å². The zero-order valence-corrected chi connectivity index (χ0v) is 12.3. The second-order valence-corrected chi connectivity index (χ2v) is 6.03. The Morgan fingerprint density at radius 1 is 1.59 bits per heavy atom. The Kier molecular flexibility index (Phi) is 5.49. The molecule has 0 bridgehead atoms. The van der Waals surface area contributed by atoms with Crippen molar-refractivity contribution in [2.75, 3.05) is 12.8 Å². The molecule has 5 heteroatoms. The van der Waals surface area contributed by atoms with Crippen molar-refractivity contribution in [1.29, 1.82) is 0 Å². The zero-order valence-electron chi connectivity index (χ0n) is 9.87. The van der Waals surface area contributed by atoms with Crippen LogP contribution in [0.3, 0.4) is 0 Å². The maximum absolute atomic E-state index is 11.1. The van der Waals surface area contributed by atoms with E-state index in [1.807, 2.05) is 24.3 Å². The fourth-order valence-corrected chi connectivity index (χ4v) is 2.95. The average Bonchev–Trinajstić information content (AvgIpc) is 2.28. The molecule has 0 aromatic heterocycles. The van der Waals surface area contributed by atoms with Crippen LogP contribution in [-0.4, -0.2) is 29.4 Å². The molecule has 0 aliphatic rings. The first-order valence-electron chi connectivity index (χ1n) is 5.28. The molecule has 0 spiro atoms. The van der Waals surface area contributed by atoms with Gasteiger partial charge >= 0.3 is 5.97 Å². The van der Waals surface area contributed by atoms with Gasteiger partial charge in [-0.2, -0.15) is 0 Å². The van der Waals surface area contributed by atoms with E-state index in [-0.39, 0.29) is 0 Å². The first-order valence-corrected chi connectivity index (χ1v) is 7.06. The Labute approximate surface area is 114 Å². The molecule has 94 valence electrons. The molecule has 1 atom stereocenters. The number of thioether (sulfide) groups is 1. The molecule has 1 aromatic rings. The van der Waals surface area contributed by atoms with Gasteiger partial charge in [-0.3, -0.25) is 4.79 Å². The lowest BCUT2D eigenvalue weighted by Gasteiger charge is -2.23. The van der Waals surface area contributed by atoms with Crippen molar-refractivity contribution < 1.29 is 9.90 Å². The molecule has 0 aliphatic carbocycles. The van der Waals surface area contributed by atoms with Crippen LogP contribution in [0.1, 0.15) is 13.3 Å². The Morgan fingerprint density at radius 2 is 2.29 bits per heavy atom. The van der Waals surface area contributed by atoms with Gasteiger partial charge in [-0.15, -0.1) is 11.8 Å². The van der Waals surface area contributed by atoms with E-state index in [0.717, 1.165) is 15.1 Å². The van der Waals surface area contributed by atoms with Gasteiger partial charge in [0, 0.05) is 15.1 Å². The van der Waals surface area contributed by atoms with Crippen LogP contribution in [0.5, 0.6) is 0 Å². The third kappa shape index (κ3) is 4.33. The molecule has 0 radical (unpaired) electrons. The molecule has 0 fully saturated rings. The van der Waals surface area contributed by atoms with Crippen molar-refractivity contribution in [1.82, 2.24) is 5.32 Å². The molecular formula is C12H16BrNO2S. The molecule has 0 saturated heterocycles. The Balaban J connectivity index is 2.50. The van der Waals surface area contributed by atoms with Crippen LogP contribution in [0.25, 0.3) is 0 Å². The molecule has 0 amide bonds. The van der Waals surface area contributed by atoms with Crippen LogP contribution in [0.4, 0.5) is 0 Å². The smallest absolute Gasteiger partial charge is 0.323 e. The summed E-state index contributed by atoms with van der Waals surface area (Å²) in [6.45, 7) is 1.71. The van der Waals surface area contributed by atoms with Crippen molar-refractivity contribution in [3.05, 3.63) is 28.7 Å². The maximum Gasteiger partial charge on any atom is 0.323 e. The fraction of sp³-hybridized carbons (Fsp3) is 0.417. The van der Waals surface area contributed by atoms with E-state index in [9.17, 15) is 4.79 Å².